The quantitative estimate of drug-likeness (QED) is 0.875. The number of nitrogens with zero attached hydrogens (tertiary/aromatic N) is 1. The lowest BCUT2D eigenvalue weighted by atomic mass is 10.1. The second kappa shape index (κ2) is 5.40. The van der Waals surface area contributed by atoms with Gasteiger partial charge in [0.15, 0.2) is 0 Å². The Morgan fingerprint density at radius 3 is 2.60 bits per heavy atom. The maximum absolute atomic E-state index is 12.9. The second-order valence-electron chi connectivity index (χ2n) is 4.31. The Morgan fingerprint density at radius 1 is 1.20 bits per heavy atom. The van der Waals surface area contributed by atoms with Gasteiger partial charge in [-0.15, -0.1) is 0 Å². The maximum Gasteiger partial charge on any atom is 0.420 e. The van der Waals surface area contributed by atoms with Crippen molar-refractivity contribution in [3.63, 3.8) is 0 Å². The molecule has 0 saturated carbocycles. The van der Waals surface area contributed by atoms with Gasteiger partial charge in [0.1, 0.15) is 12.4 Å². The smallest absolute Gasteiger partial charge is 0.420 e. The fourth-order valence-corrected chi connectivity index (χ4v) is 1.73. The van der Waals surface area contributed by atoms with Crippen molar-refractivity contribution in [1.82, 2.24) is 4.98 Å². The number of nitrogen functional groups attached to an aromatic ring is 1. The number of ether oxygens (including phenoxy) is 1. The van der Waals surface area contributed by atoms with Gasteiger partial charge in [-0.3, -0.25) is 4.98 Å². The molecule has 0 atom stereocenters. The molecule has 0 aliphatic heterocycles. The first-order chi connectivity index (χ1) is 9.36. The SMILES string of the molecule is Cc1cccc(COc2ccc(N)cc2C(F)(F)F)n1. The molecule has 0 unspecified atom stereocenters. The van der Waals surface area contributed by atoms with E-state index in [0.717, 1.165) is 11.8 Å². The third kappa shape index (κ3) is 3.40. The van der Waals surface area contributed by atoms with Gasteiger partial charge in [-0.1, -0.05) is 6.07 Å². The van der Waals surface area contributed by atoms with E-state index < -0.39 is 11.7 Å². The van der Waals surface area contributed by atoms with Gasteiger partial charge >= 0.3 is 6.18 Å². The molecule has 0 aliphatic rings. The zero-order valence-electron chi connectivity index (χ0n) is 10.7. The minimum absolute atomic E-state index is 0.0331. The number of aromatic nitrogens is 1. The van der Waals surface area contributed by atoms with Gasteiger partial charge in [-0.05, 0) is 37.3 Å². The molecule has 2 rings (SSSR count). The van der Waals surface area contributed by atoms with Crippen molar-refractivity contribution in [2.24, 2.45) is 0 Å². The second-order valence-corrected chi connectivity index (χ2v) is 4.31. The van der Waals surface area contributed by atoms with Gasteiger partial charge in [-0.2, -0.15) is 13.2 Å². The summed E-state index contributed by atoms with van der Waals surface area (Å²) in [6.07, 6.45) is -4.51. The lowest BCUT2D eigenvalue weighted by Gasteiger charge is -2.14. The highest BCUT2D eigenvalue weighted by atomic mass is 19.4. The van der Waals surface area contributed by atoms with Crippen LogP contribution in [0.4, 0.5) is 18.9 Å². The summed E-state index contributed by atoms with van der Waals surface area (Å²) in [5.74, 6) is -0.255. The van der Waals surface area contributed by atoms with Crippen molar-refractivity contribution in [3.05, 3.63) is 53.3 Å². The van der Waals surface area contributed by atoms with E-state index in [9.17, 15) is 13.2 Å². The summed E-state index contributed by atoms with van der Waals surface area (Å²) in [5.41, 5.74) is 5.88. The summed E-state index contributed by atoms with van der Waals surface area (Å²) in [5, 5.41) is 0. The maximum atomic E-state index is 12.9. The topological polar surface area (TPSA) is 48.1 Å². The Hall–Kier alpha value is -2.24. The number of alkyl halides is 3. The zero-order valence-corrected chi connectivity index (χ0v) is 10.7. The average molecular weight is 282 g/mol. The molecule has 0 bridgehead atoms. The highest BCUT2D eigenvalue weighted by molar-refractivity contribution is 5.49. The molecule has 1 aromatic heterocycles. The summed E-state index contributed by atoms with van der Waals surface area (Å²) in [6.45, 7) is 1.77. The molecule has 6 heteroatoms. The van der Waals surface area contributed by atoms with E-state index in [1.54, 1.807) is 25.1 Å². The van der Waals surface area contributed by atoms with Crippen LogP contribution < -0.4 is 10.5 Å². The largest absolute Gasteiger partial charge is 0.487 e. The van der Waals surface area contributed by atoms with Crippen LogP contribution in [0.3, 0.4) is 0 Å². The van der Waals surface area contributed by atoms with Crippen LogP contribution in [0.2, 0.25) is 0 Å². The van der Waals surface area contributed by atoms with Crippen molar-refractivity contribution < 1.29 is 17.9 Å². The Kier molecular flexibility index (Phi) is 3.83. The number of aryl methyl sites for hydroxylation is 1. The van der Waals surface area contributed by atoms with Crippen LogP contribution >= 0.6 is 0 Å². The van der Waals surface area contributed by atoms with Crippen LogP contribution in [0.25, 0.3) is 0 Å². The number of rotatable bonds is 3. The molecule has 3 nitrogen and oxygen atoms in total. The average Bonchev–Trinajstić information content (AvgIpc) is 2.36. The van der Waals surface area contributed by atoms with Gasteiger partial charge in [0.25, 0.3) is 0 Å². The molecule has 0 saturated heterocycles. The highest BCUT2D eigenvalue weighted by Gasteiger charge is 2.34. The van der Waals surface area contributed by atoms with Crippen molar-refractivity contribution in [2.75, 3.05) is 5.73 Å². The van der Waals surface area contributed by atoms with Crippen LogP contribution in [-0.4, -0.2) is 4.98 Å². The summed E-state index contributed by atoms with van der Waals surface area (Å²) < 4.78 is 43.8. The lowest BCUT2D eigenvalue weighted by Crippen LogP contribution is -2.10. The van der Waals surface area contributed by atoms with Crippen LogP contribution in [-0.2, 0) is 12.8 Å². The fourth-order valence-electron chi connectivity index (χ4n) is 1.73. The van der Waals surface area contributed by atoms with E-state index >= 15 is 0 Å². The molecule has 0 radical (unpaired) electrons. The summed E-state index contributed by atoms with van der Waals surface area (Å²) in [6, 6.07) is 8.71. The number of halogens is 3. The molecule has 1 heterocycles. The molecule has 2 N–H and O–H groups in total. The minimum Gasteiger partial charge on any atom is -0.487 e. The van der Waals surface area contributed by atoms with Crippen molar-refractivity contribution in [1.29, 1.82) is 0 Å². The van der Waals surface area contributed by atoms with Crippen molar-refractivity contribution >= 4 is 5.69 Å². The van der Waals surface area contributed by atoms with Gasteiger partial charge in [0.2, 0.25) is 0 Å². The number of nitrogens with two attached hydrogens (primary N) is 1. The molecule has 0 aliphatic carbocycles. The molecule has 0 amide bonds. The highest BCUT2D eigenvalue weighted by Crippen LogP contribution is 2.37. The third-order valence-electron chi connectivity index (χ3n) is 2.63. The standard InChI is InChI=1S/C14H13F3N2O/c1-9-3-2-4-11(19-9)8-20-13-6-5-10(18)7-12(13)14(15,16)17/h2-7H,8,18H2,1H3. The summed E-state index contributed by atoms with van der Waals surface area (Å²) in [4.78, 5) is 4.17. The van der Waals surface area contributed by atoms with E-state index in [-0.39, 0.29) is 18.0 Å². The Balaban J connectivity index is 2.21. The van der Waals surface area contributed by atoms with E-state index in [0.29, 0.717) is 5.69 Å². The molecule has 106 valence electrons. The molecule has 2 aromatic rings. The predicted molar refractivity (Wildman–Crippen MR) is 69.2 cm³/mol. The Labute approximate surface area is 114 Å². The number of anilines is 1. The first-order valence-electron chi connectivity index (χ1n) is 5.88. The number of hydrogen-bond acceptors (Lipinski definition) is 3. The zero-order chi connectivity index (χ0) is 14.8. The Morgan fingerprint density at radius 2 is 1.95 bits per heavy atom. The van der Waals surface area contributed by atoms with Crippen LogP contribution in [0, 0.1) is 6.92 Å². The molecule has 20 heavy (non-hydrogen) atoms. The molecular weight excluding hydrogens is 269 g/mol. The van der Waals surface area contributed by atoms with Crippen LogP contribution in [0.15, 0.2) is 36.4 Å². The van der Waals surface area contributed by atoms with Crippen LogP contribution in [0.5, 0.6) is 5.75 Å². The lowest BCUT2D eigenvalue weighted by molar-refractivity contribution is -0.139. The summed E-state index contributed by atoms with van der Waals surface area (Å²) >= 11 is 0. The van der Waals surface area contributed by atoms with Gasteiger partial charge in [-0.25, -0.2) is 0 Å². The summed E-state index contributed by atoms with van der Waals surface area (Å²) in [7, 11) is 0. The fraction of sp³-hybridized carbons (Fsp3) is 0.214. The van der Waals surface area contributed by atoms with E-state index in [4.69, 9.17) is 10.5 Å². The monoisotopic (exact) mass is 282 g/mol. The minimum atomic E-state index is -4.51. The molecule has 0 fully saturated rings. The molecular formula is C14H13F3N2O. The normalized spacial score (nSPS) is 11.4. The molecule has 1 aromatic carbocycles. The molecule has 0 spiro atoms. The third-order valence-corrected chi connectivity index (χ3v) is 2.63. The first kappa shape index (κ1) is 14.2. The van der Waals surface area contributed by atoms with Gasteiger partial charge in [0, 0.05) is 11.4 Å². The first-order valence-corrected chi connectivity index (χ1v) is 5.88. The van der Waals surface area contributed by atoms with Crippen molar-refractivity contribution in [3.8, 4) is 5.75 Å². The van der Waals surface area contributed by atoms with E-state index in [1.165, 1.54) is 12.1 Å². The van der Waals surface area contributed by atoms with E-state index in [2.05, 4.69) is 4.98 Å². The predicted octanol–water partition coefficient (Wildman–Crippen LogP) is 3.57. The van der Waals surface area contributed by atoms with Gasteiger partial charge in [0.05, 0.1) is 11.3 Å². The Bertz CT molecular complexity index is 612. The van der Waals surface area contributed by atoms with Crippen LogP contribution in [0.1, 0.15) is 17.0 Å². The van der Waals surface area contributed by atoms with E-state index in [1.807, 2.05) is 0 Å². The number of pyridine rings is 1. The number of benzene rings is 1. The van der Waals surface area contributed by atoms with Gasteiger partial charge < -0.3 is 10.5 Å². The number of hydrogen-bond donors (Lipinski definition) is 1. The van der Waals surface area contributed by atoms with Crippen molar-refractivity contribution in [2.45, 2.75) is 19.7 Å².